The Hall–Kier alpha value is -0.280. The summed E-state index contributed by atoms with van der Waals surface area (Å²) in [4.78, 5) is 2.51. The molecular weight excluding hydrogens is 279 g/mol. The Morgan fingerprint density at radius 3 is 2.89 bits per heavy atom. The second-order valence-corrected chi connectivity index (χ2v) is 6.14. The second-order valence-electron chi connectivity index (χ2n) is 5.30. The van der Waals surface area contributed by atoms with Crippen LogP contribution < -0.4 is 5.32 Å². The van der Waals surface area contributed by atoms with Crippen molar-refractivity contribution in [2.45, 2.75) is 26.3 Å². The standard InChI is InChI=1S/C15H22Cl2N2/c1-3-18-9-12-6-7-19(10-12)11(2)14-5-4-13(16)8-15(14)17/h4-5,8,11-12,18H,3,6-7,9-10H2,1-2H3. The lowest BCUT2D eigenvalue weighted by Gasteiger charge is -2.25. The highest BCUT2D eigenvalue weighted by atomic mass is 35.5. The highest BCUT2D eigenvalue weighted by molar-refractivity contribution is 6.35. The number of rotatable bonds is 5. The molecule has 2 atom stereocenters. The summed E-state index contributed by atoms with van der Waals surface area (Å²) < 4.78 is 0. The normalized spacial score (nSPS) is 21.8. The Morgan fingerprint density at radius 2 is 2.21 bits per heavy atom. The van der Waals surface area contributed by atoms with Crippen LogP contribution in [0.3, 0.4) is 0 Å². The molecule has 0 saturated carbocycles. The zero-order valence-electron chi connectivity index (χ0n) is 11.6. The maximum atomic E-state index is 6.30. The first-order chi connectivity index (χ1) is 9.11. The molecule has 1 fully saturated rings. The Bertz CT molecular complexity index is 423. The first-order valence-electron chi connectivity index (χ1n) is 7.01. The van der Waals surface area contributed by atoms with Crippen molar-refractivity contribution in [1.29, 1.82) is 0 Å². The molecule has 1 heterocycles. The zero-order chi connectivity index (χ0) is 13.8. The first-order valence-corrected chi connectivity index (χ1v) is 7.77. The van der Waals surface area contributed by atoms with E-state index in [1.807, 2.05) is 18.2 Å². The van der Waals surface area contributed by atoms with Crippen LogP contribution in [0.4, 0.5) is 0 Å². The summed E-state index contributed by atoms with van der Waals surface area (Å²) >= 11 is 12.3. The lowest BCUT2D eigenvalue weighted by Crippen LogP contribution is -2.28. The van der Waals surface area contributed by atoms with Gasteiger partial charge in [0.05, 0.1) is 0 Å². The van der Waals surface area contributed by atoms with Gasteiger partial charge in [-0.1, -0.05) is 36.2 Å². The molecule has 2 nitrogen and oxygen atoms in total. The van der Waals surface area contributed by atoms with Crippen LogP contribution in [0.1, 0.15) is 31.9 Å². The van der Waals surface area contributed by atoms with Crippen molar-refractivity contribution in [3.05, 3.63) is 33.8 Å². The fraction of sp³-hybridized carbons (Fsp3) is 0.600. The second kappa shape index (κ2) is 6.94. The molecule has 0 bridgehead atoms. The summed E-state index contributed by atoms with van der Waals surface area (Å²) in [5.74, 6) is 0.758. The highest BCUT2D eigenvalue weighted by Gasteiger charge is 2.27. The third-order valence-corrected chi connectivity index (χ3v) is 4.52. The minimum Gasteiger partial charge on any atom is -0.317 e. The average Bonchev–Trinajstić information content (AvgIpc) is 2.84. The van der Waals surface area contributed by atoms with Crippen molar-refractivity contribution in [3.63, 3.8) is 0 Å². The van der Waals surface area contributed by atoms with Crippen LogP contribution in [0.15, 0.2) is 18.2 Å². The minimum absolute atomic E-state index is 0.358. The van der Waals surface area contributed by atoms with Gasteiger partial charge in [-0.15, -0.1) is 0 Å². The van der Waals surface area contributed by atoms with Gasteiger partial charge in [0, 0.05) is 22.6 Å². The predicted molar refractivity (Wildman–Crippen MR) is 83.1 cm³/mol. The largest absolute Gasteiger partial charge is 0.317 e. The molecule has 0 amide bonds. The van der Waals surface area contributed by atoms with E-state index in [0.29, 0.717) is 11.1 Å². The van der Waals surface area contributed by atoms with E-state index in [1.165, 1.54) is 12.0 Å². The number of benzene rings is 1. The molecule has 1 saturated heterocycles. The van der Waals surface area contributed by atoms with Crippen LogP contribution >= 0.6 is 23.2 Å². The molecule has 0 aromatic heterocycles. The van der Waals surface area contributed by atoms with E-state index >= 15 is 0 Å². The monoisotopic (exact) mass is 300 g/mol. The molecule has 1 N–H and O–H groups in total. The van der Waals surface area contributed by atoms with E-state index in [-0.39, 0.29) is 0 Å². The van der Waals surface area contributed by atoms with E-state index in [1.54, 1.807) is 0 Å². The first kappa shape index (κ1) is 15.1. The number of hydrogen-bond donors (Lipinski definition) is 1. The summed E-state index contributed by atoms with van der Waals surface area (Å²) in [5.41, 5.74) is 1.18. The molecule has 0 spiro atoms. The molecule has 1 aromatic carbocycles. The van der Waals surface area contributed by atoms with Crippen LogP contribution in [-0.4, -0.2) is 31.1 Å². The van der Waals surface area contributed by atoms with Gasteiger partial charge in [0.2, 0.25) is 0 Å². The lowest BCUT2D eigenvalue weighted by molar-refractivity contribution is 0.252. The van der Waals surface area contributed by atoms with Gasteiger partial charge in [0.15, 0.2) is 0 Å². The Labute approximate surface area is 126 Å². The van der Waals surface area contributed by atoms with Gasteiger partial charge in [-0.3, -0.25) is 4.90 Å². The fourth-order valence-electron chi connectivity index (χ4n) is 2.77. The number of hydrogen-bond acceptors (Lipinski definition) is 2. The maximum absolute atomic E-state index is 6.30. The van der Waals surface area contributed by atoms with E-state index in [2.05, 4.69) is 24.1 Å². The van der Waals surface area contributed by atoms with E-state index < -0.39 is 0 Å². The van der Waals surface area contributed by atoms with Crippen molar-refractivity contribution in [3.8, 4) is 0 Å². The third kappa shape index (κ3) is 3.85. The van der Waals surface area contributed by atoms with Crippen molar-refractivity contribution in [1.82, 2.24) is 10.2 Å². The summed E-state index contributed by atoms with van der Waals surface area (Å²) in [5, 5.41) is 4.91. The van der Waals surface area contributed by atoms with Gasteiger partial charge in [0.25, 0.3) is 0 Å². The molecule has 1 aromatic rings. The minimum atomic E-state index is 0.358. The quantitative estimate of drug-likeness (QED) is 0.885. The van der Waals surface area contributed by atoms with Gasteiger partial charge in [-0.05, 0) is 56.6 Å². The average molecular weight is 301 g/mol. The molecule has 0 aliphatic carbocycles. The molecule has 4 heteroatoms. The van der Waals surface area contributed by atoms with E-state index in [9.17, 15) is 0 Å². The molecule has 106 valence electrons. The summed E-state index contributed by atoms with van der Waals surface area (Å²) in [6.07, 6.45) is 1.27. The summed E-state index contributed by atoms with van der Waals surface area (Å²) in [6, 6.07) is 6.16. The van der Waals surface area contributed by atoms with Gasteiger partial charge in [0.1, 0.15) is 0 Å². The fourth-order valence-corrected chi connectivity index (χ4v) is 3.33. The van der Waals surface area contributed by atoms with Gasteiger partial charge < -0.3 is 5.32 Å². The number of likely N-dealkylation sites (tertiary alicyclic amines) is 1. The number of nitrogens with zero attached hydrogens (tertiary/aromatic N) is 1. The Kier molecular flexibility index (Phi) is 5.52. The van der Waals surface area contributed by atoms with Crippen LogP contribution in [0.2, 0.25) is 10.0 Å². The maximum Gasteiger partial charge on any atom is 0.0468 e. The molecule has 1 aliphatic rings. The zero-order valence-corrected chi connectivity index (χ0v) is 13.1. The highest BCUT2D eigenvalue weighted by Crippen LogP contribution is 2.32. The molecule has 1 aliphatic heterocycles. The molecular formula is C15H22Cl2N2. The van der Waals surface area contributed by atoms with Crippen molar-refractivity contribution < 1.29 is 0 Å². The summed E-state index contributed by atoms with van der Waals surface area (Å²) in [6.45, 7) is 8.85. The third-order valence-electron chi connectivity index (χ3n) is 3.96. The topological polar surface area (TPSA) is 15.3 Å². The van der Waals surface area contributed by atoms with Crippen LogP contribution in [0.25, 0.3) is 0 Å². The van der Waals surface area contributed by atoms with Gasteiger partial charge >= 0.3 is 0 Å². The lowest BCUT2D eigenvalue weighted by atomic mass is 10.1. The van der Waals surface area contributed by atoms with E-state index in [4.69, 9.17) is 23.2 Å². The molecule has 2 unspecified atom stereocenters. The molecule has 19 heavy (non-hydrogen) atoms. The SMILES string of the molecule is CCNCC1CCN(C(C)c2ccc(Cl)cc2Cl)C1. The number of halogens is 2. The van der Waals surface area contributed by atoms with Crippen LogP contribution in [0, 0.1) is 5.92 Å². The van der Waals surface area contributed by atoms with Crippen molar-refractivity contribution in [2.75, 3.05) is 26.2 Å². The van der Waals surface area contributed by atoms with Crippen LogP contribution in [-0.2, 0) is 0 Å². The number of nitrogens with one attached hydrogen (secondary N) is 1. The summed E-state index contributed by atoms with van der Waals surface area (Å²) in [7, 11) is 0. The van der Waals surface area contributed by atoms with Gasteiger partial charge in [-0.2, -0.15) is 0 Å². The Balaban J connectivity index is 1.98. The smallest absolute Gasteiger partial charge is 0.0468 e. The van der Waals surface area contributed by atoms with Crippen molar-refractivity contribution >= 4 is 23.2 Å². The van der Waals surface area contributed by atoms with Crippen molar-refractivity contribution in [2.24, 2.45) is 5.92 Å². The van der Waals surface area contributed by atoms with E-state index in [0.717, 1.165) is 37.1 Å². The Morgan fingerprint density at radius 1 is 1.42 bits per heavy atom. The predicted octanol–water partition coefficient (Wildman–Crippen LogP) is 3.99. The van der Waals surface area contributed by atoms with Crippen LogP contribution in [0.5, 0.6) is 0 Å². The molecule has 0 radical (unpaired) electrons. The van der Waals surface area contributed by atoms with Gasteiger partial charge in [-0.25, -0.2) is 0 Å². The molecule has 2 rings (SSSR count).